The van der Waals surface area contributed by atoms with E-state index in [9.17, 15) is 0 Å². The van der Waals surface area contributed by atoms with Crippen LogP contribution in [0, 0.1) is 12.0 Å². The second-order valence-electron chi connectivity index (χ2n) is 11.9. The maximum absolute atomic E-state index is 3.77. The van der Waals surface area contributed by atoms with Crippen molar-refractivity contribution in [2.45, 2.75) is 58.5 Å². The van der Waals surface area contributed by atoms with E-state index < -0.39 is 0 Å². The van der Waals surface area contributed by atoms with Gasteiger partial charge in [-0.15, -0.1) is 16.7 Å². The number of rotatable bonds is 4. The molecule has 0 bridgehead atoms. The average Bonchev–Trinajstić information content (AvgIpc) is 3.72. The van der Waals surface area contributed by atoms with Crippen LogP contribution < -0.4 is 24.8 Å². The summed E-state index contributed by atoms with van der Waals surface area (Å²) in [6.07, 6.45) is 7.03. The molecule has 0 fully saturated rings. The molecule has 0 saturated heterocycles. The van der Waals surface area contributed by atoms with E-state index in [0.717, 1.165) is 22.4 Å². The minimum Gasteiger partial charge on any atom is -1.00 e. The Bertz CT molecular complexity index is 1830. The Hall–Kier alpha value is -2.22. The van der Waals surface area contributed by atoms with Gasteiger partial charge in [0.2, 0.25) is 0 Å². The molecule has 5 aromatic carbocycles. The largest absolute Gasteiger partial charge is 3.00 e. The molecule has 0 saturated carbocycles. The van der Waals surface area contributed by atoms with Crippen LogP contribution in [0.15, 0.2) is 90.5 Å². The monoisotopic (exact) mass is 705 g/mol. The minimum absolute atomic E-state index is 0. The smallest absolute Gasteiger partial charge is 1.00 e. The predicted molar refractivity (Wildman–Crippen MR) is 177 cm³/mol. The van der Waals surface area contributed by atoms with Crippen LogP contribution in [0.3, 0.4) is 0 Å². The number of fused-ring (bicyclic) bond motifs is 4. The van der Waals surface area contributed by atoms with Crippen LogP contribution >= 0.6 is 0 Å². The van der Waals surface area contributed by atoms with E-state index in [2.05, 4.69) is 124 Å². The zero-order valence-electron chi connectivity index (χ0n) is 25.9. The van der Waals surface area contributed by atoms with Crippen LogP contribution in [0.2, 0.25) is 13.1 Å². The number of hydrogen-bond donors (Lipinski definition) is 0. The standard InChI is InChI=1S/C38H31.C2H6Si.2ClH.Zr/c1-3-23(2)34-22-36-29(30-20-19-25-18-17-24-10-6-14-31(30)37(24)25)13-8-16-33(36)38(34)32-15-7-12-28-27-11-5-4-9-26(27)21-35(28)32;1-3-2;;;/h4-14,16,19-20,22-23,38H,3,17-18,21H2,1-2H3;1-2H3;2*1H;/q-1;;;;+3/p-2. The molecule has 5 aromatic rings. The van der Waals surface area contributed by atoms with Crippen LogP contribution in [0.5, 0.6) is 0 Å². The molecule has 0 aromatic heterocycles. The first-order chi connectivity index (χ1) is 20.1. The van der Waals surface area contributed by atoms with Crippen molar-refractivity contribution in [3.8, 4) is 22.3 Å². The van der Waals surface area contributed by atoms with Gasteiger partial charge < -0.3 is 24.8 Å². The molecular weight excluding hydrogens is 671 g/mol. The average molecular weight is 708 g/mol. The van der Waals surface area contributed by atoms with Crippen LogP contribution in [0.25, 0.3) is 39.1 Å². The molecule has 3 radical (unpaired) electrons. The van der Waals surface area contributed by atoms with E-state index in [4.69, 9.17) is 0 Å². The zero-order chi connectivity index (χ0) is 28.1. The van der Waals surface area contributed by atoms with Crippen molar-refractivity contribution in [1.82, 2.24) is 0 Å². The fraction of sp³-hybridized carbons (Fsp3) is 0.250. The van der Waals surface area contributed by atoms with E-state index in [1.807, 2.05) is 0 Å². The number of halogens is 2. The fourth-order valence-corrected chi connectivity index (χ4v) is 7.50. The van der Waals surface area contributed by atoms with Crippen molar-refractivity contribution in [1.29, 1.82) is 0 Å². The maximum atomic E-state index is 3.77. The molecule has 2 atom stereocenters. The van der Waals surface area contributed by atoms with Gasteiger partial charge in [0.1, 0.15) is 0 Å². The number of aryl methyl sites for hydroxylation is 2. The molecule has 8 rings (SSSR count). The molecule has 0 nitrogen and oxygen atoms in total. The Morgan fingerprint density at radius 3 is 2.23 bits per heavy atom. The van der Waals surface area contributed by atoms with Gasteiger partial charge in [-0.05, 0) is 86.9 Å². The summed E-state index contributed by atoms with van der Waals surface area (Å²) in [5.41, 5.74) is 17.2. The number of allylic oxidation sites excluding steroid dienone is 1. The summed E-state index contributed by atoms with van der Waals surface area (Å²) in [4.78, 5) is 0. The Morgan fingerprint density at radius 2 is 1.45 bits per heavy atom. The summed E-state index contributed by atoms with van der Waals surface area (Å²) < 4.78 is 0. The fourth-order valence-electron chi connectivity index (χ4n) is 7.50. The molecule has 3 aliphatic carbocycles. The summed E-state index contributed by atoms with van der Waals surface area (Å²) in [6.45, 7) is 9.03. The molecule has 4 heteroatoms. The molecule has 0 aliphatic heterocycles. The summed E-state index contributed by atoms with van der Waals surface area (Å²) in [5.74, 6) is 0.780. The van der Waals surface area contributed by atoms with Gasteiger partial charge in [0.25, 0.3) is 0 Å². The maximum Gasteiger partial charge on any atom is 3.00 e. The molecule has 0 N–H and O–H groups in total. The van der Waals surface area contributed by atoms with Crippen LogP contribution in [0.1, 0.15) is 65.1 Å². The molecule has 219 valence electrons. The second-order valence-corrected chi connectivity index (χ2v) is 12.9. The van der Waals surface area contributed by atoms with Gasteiger partial charge in [-0.3, -0.25) is 0 Å². The number of hydrogen-bond acceptors (Lipinski definition) is 0. The quantitative estimate of drug-likeness (QED) is 0.189. The first kappa shape index (κ1) is 34.6. The Balaban J connectivity index is 0.000000710. The van der Waals surface area contributed by atoms with Gasteiger partial charge in [-0.25, -0.2) is 0 Å². The van der Waals surface area contributed by atoms with Crippen molar-refractivity contribution in [2.75, 3.05) is 0 Å². The normalized spacial score (nSPS) is 15.4. The third kappa shape index (κ3) is 5.66. The van der Waals surface area contributed by atoms with E-state index in [1.165, 1.54) is 84.8 Å². The van der Waals surface area contributed by atoms with Crippen molar-refractivity contribution in [3.05, 3.63) is 136 Å². The van der Waals surface area contributed by atoms with Crippen LogP contribution in [0.4, 0.5) is 0 Å². The molecule has 44 heavy (non-hydrogen) atoms. The van der Waals surface area contributed by atoms with Crippen LogP contribution in [-0.4, -0.2) is 9.52 Å². The van der Waals surface area contributed by atoms with Gasteiger partial charge in [0.05, 0.1) is 0 Å². The second kappa shape index (κ2) is 14.5. The van der Waals surface area contributed by atoms with Gasteiger partial charge in [0, 0.05) is 15.4 Å². The number of benzene rings is 5. The molecular formula is C40H37Cl2SiZr. The topological polar surface area (TPSA) is 0 Å². The minimum atomic E-state index is 0. The van der Waals surface area contributed by atoms with E-state index in [0.29, 0.717) is 5.92 Å². The Morgan fingerprint density at radius 1 is 0.773 bits per heavy atom. The molecule has 2 unspecified atom stereocenters. The zero-order valence-corrected chi connectivity index (χ0v) is 30.9. The van der Waals surface area contributed by atoms with E-state index in [-0.39, 0.29) is 56.9 Å². The van der Waals surface area contributed by atoms with E-state index >= 15 is 0 Å². The molecule has 0 heterocycles. The summed E-state index contributed by atoms with van der Waals surface area (Å²) in [6, 6.07) is 35.8. The van der Waals surface area contributed by atoms with Gasteiger partial charge in [0.15, 0.2) is 0 Å². The van der Waals surface area contributed by atoms with Gasteiger partial charge in [-0.1, -0.05) is 111 Å². The first-order valence-electron chi connectivity index (χ1n) is 15.2. The summed E-state index contributed by atoms with van der Waals surface area (Å²) >= 11 is 0. The van der Waals surface area contributed by atoms with Crippen molar-refractivity contribution in [3.63, 3.8) is 0 Å². The summed E-state index contributed by atoms with van der Waals surface area (Å²) in [7, 11) is 1.08. The predicted octanol–water partition coefficient (Wildman–Crippen LogP) is 4.34. The molecule has 3 aliphatic rings. The van der Waals surface area contributed by atoms with Crippen molar-refractivity contribution in [2.24, 2.45) is 5.92 Å². The molecule has 0 spiro atoms. The SMILES string of the molecule is CCC(C)C1=Cc2c(-c3ccc4c5c(cccc35)CC4)cccc2C1c1[c-]ccc2c1Cc1ccccc1-2.C[Si]C.[Cl-].[Cl-].[Zr+3]. The Labute approximate surface area is 297 Å². The van der Waals surface area contributed by atoms with Crippen molar-refractivity contribution < 1.29 is 51.0 Å². The summed E-state index contributed by atoms with van der Waals surface area (Å²) in [5, 5.41) is 2.91. The van der Waals surface area contributed by atoms with Gasteiger partial charge >= 0.3 is 26.2 Å². The molecule has 0 amide bonds. The van der Waals surface area contributed by atoms with E-state index in [1.54, 1.807) is 5.57 Å². The third-order valence-corrected chi connectivity index (χ3v) is 9.55. The van der Waals surface area contributed by atoms with Gasteiger partial charge in [-0.2, -0.15) is 18.2 Å². The van der Waals surface area contributed by atoms with Crippen LogP contribution in [-0.2, 0) is 45.5 Å². The Kier molecular flexibility index (Phi) is 11.4. The first-order valence-corrected chi connectivity index (χ1v) is 17.2. The van der Waals surface area contributed by atoms with Crippen molar-refractivity contribution >= 4 is 26.4 Å². The third-order valence-electron chi connectivity index (χ3n) is 9.55.